The number of hydrogen-bond donors (Lipinski definition) is 2. The number of hydrogen-bond acceptors (Lipinski definition) is 3. The number of carboxylic acids is 1. The lowest BCUT2D eigenvalue weighted by Crippen LogP contribution is -2.42. The van der Waals surface area contributed by atoms with E-state index in [0.29, 0.717) is 6.42 Å². The van der Waals surface area contributed by atoms with Crippen LogP contribution in [0.1, 0.15) is 26.7 Å². The molecule has 4 heteroatoms. The Morgan fingerprint density at radius 2 is 2.08 bits per heavy atom. The Morgan fingerprint density at radius 1 is 1.46 bits per heavy atom. The molecule has 0 spiro atoms. The van der Waals surface area contributed by atoms with Gasteiger partial charge in [0.15, 0.2) is 6.10 Å². The van der Waals surface area contributed by atoms with E-state index in [1.165, 1.54) is 0 Å². The molecule has 0 aromatic carbocycles. The normalized spacial score (nSPS) is 34.9. The highest BCUT2D eigenvalue weighted by molar-refractivity contribution is 5.72. The molecule has 1 aliphatic heterocycles. The summed E-state index contributed by atoms with van der Waals surface area (Å²) < 4.78 is 5.32. The molecule has 0 aliphatic carbocycles. The SMILES string of the molecule is CC(C)C1CC(O)CC(C(=O)O)O1. The summed E-state index contributed by atoms with van der Waals surface area (Å²) in [7, 11) is 0. The van der Waals surface area contributed by atoms with Crippen LogP contribution in [-0.2, 0) is 9.53 Å². The molecule has 76 valence electrons. The number of aliphatic hydroxyl groups excluding tert-OH is 1. The number of ether oxygens (including phenoxy) is 1. The number of rotatable bonds is 2. The average Bonchev–Trinajstić information content (AvgIpc) is 2.03. The Balaban J connectivity index is 2.57. The fourth-order valence-electron chi connectivity index (χ4n) is 1.52. The largest absolute Gasteiger partial charge is 0.479 e. The predicted molar refractivity (Wildman–Crippen MR) is 46.4 cm³/mol. The summed E-state index contributed by atoms with van der Waals surface area (Å²) in [6, 6.07) is 0. The zero-order valence-electron chi connectivity index (χ0n) is 7.93. The van der Waals surface area contributed by atoms with Crippen molar-refractivity contribution < 1.29 is 19.7 Å². The summed E-state index contributed by atoms with van der Waals surface area (Å²) in [5.41, 5.74) is 0. The van der Waals surface area contributed by atoms with Crippen molar-refractivity contribution in [3.05, 3.63) is 0 Å². The highest BCUT2D eigenvalue weighted by Gasteiger charge is 2.33. The second-order valence-electron chi connectivity index (χ2n) is 3.87. The number of aliphatic carboxylic acids is 1. The van der Waals surface area contributed by atoms with Crippen molar-refractivity contribution in [2.75, 3.05) is 0 Å². The van der Waals surface area contributed by atoms with Gasteiger partial charge in [0, 0.05) is 6.42 Å². The van der Waals surface area contributed by atoms with Gasteiger partial charge in [0.05, 0.1) is 12.2 Å². The van der Waals surface area contributed by atoms with Crippen molar-refractivity contribution in [3.8, 4) is 0 Å². The first kappa shape index (κ1) is 10.5. The fraction of sp³-hybridized carbons (Fsp3) is 0.889. The van der Waals surface area contributed by atoms with Crippen LogP contribution in [0.3, 0.4) is 0 Å². The summed E-state index contributed by atoms with van der Waals surface area (Å²) >= 11 is 0. The van der Waals surface area contributed by atoms with E-state index < -0.39 is 18.2 Å². The lowest BCUT2D eigenvalue weighted by atomic mass is 9.94. The maximum atomic E-state index is 10.6. The van der Waals surface area contributed by atoms with E-state index >= 15 is 0 Å². The van der Waals surface area contributed by atoms with Crippen LogP contribution in [-0.4, -0.2) is 34.5 Å². The Morgan fingerprint density at radius 3 is 2.54 bits per heavy atom. The molecule has 0 bridgehead atoms. The summed E-state index contributed by atoms with van der Waals surface area (Å²) in [6.07, 6.45) is -0.761. The van der Waals surface area contributed by atoms with Gasteiger partial charge in [-0.25, -0.2) is 4.79 Å². The van der Waals surface area contributed by atoms with Crippen LogP contribution in [0.4, 0.5) is 0 Å². The van der Waals surface area contributed by atoms with Crippen molar-refractivity contribution in [1.82, 2.24) is 0 Å². The van der Waals surface area contributed by atoms with E-state index in [9.17, 15) is 9.90 Å². The van der Waals surface area contributed by atoms with Gasteiger partial charge in [0.1, 0.15) is 0 Å². The van der Waals surface area contributed by atoms with Gasteiger partial charge in [-0.3, -0.25) is 0 Å². The summed E-state index contributed by atoms with van der Waals surface area (Å²) in [5, 5.41) is 18.1. The van der Waals surface area contributed by atoms with Crippen molar-refractivity contribution in [2.24, 2.45) is 5.92 Å². The lowest BCUT2D eigenvalue weighted by Gasteiger charge is -2.33. The van der Waals surface area contributed by atoms with E-state index in [0.717, 1.165) is 0 Å². The maximum absolute atomic E-state index is 10.6. The van der Waals surface area contributed by atoms with Gasteiger partial charge >= 0.3 is 5.97 Å². The summed E-state index contributed by atoms with van der Waals surface area (Å²) in [6.45, 7) is 3.92. The first-order chi connectivity index (χ1) is 6.00. The third-order valence-electron chi connectivity index (χ3n) is 2.35. The minimum absolute atomic E-state index is 0.134. The smallest absolute Gasteiger partial charge is 0.332 e. The molecule has 0 aromatic heterocycles. The summed E-state index contributed by atoms with van der Waals surface area (Å²) in [4.78, 5) is 10.6. The van der Waals surface area contributed by atoms with Crippen LogP contribution in [0.25, 0.3) is 0 Å². The van der Waals surface area contributed by atoms with Crippen LogP contribution >= 0.6 is 0 Å². The number of carbonyl (C=O) groups is 1. The van der Waals surface area contributed by atoms with Gasteiger partial charge < -0.3 is 14.9 Å². The van der Waals surface area contributed by atoms with Crippen molar-refractivity contribution >= 4 is 5.97 Å². The molecule has 3 unspecified atom stereocenters. The van der Waals surface area contributed by atoms with Crippen LogP contribution in [0.15, 0.2) is 0 Å². The standard InChI is InChI=1S/C9H16O4/c1-5(2)7-3-6(10)4-8(13-7)9(11)12/h5-8,10H,3-4H2,1-2H3,(H,11,12). The van der Waals surface area contributed by atoms with E-state index in [1.807, 2.05) is 13.8 Å². The lowest BCUT2D eigenvalue weighted by molar-refractivity contribution is -0.169. The maximum Gasteiger partial charge on any atom is 0.332 e. The molecule has 1 fully saturated rings. The minimum Gasteiger partial charge on any atom is -0.479 e. The molecule has 0 aromatic rings. The Labute approximate surface area is 77.5 Å². The molecule has 0 saturated carbocycles. The van der Waals surface area contributed by atoms with E-state index in [-0.39, 0.29) is 18.4 Å². The Kier molecular flexibility index (Phi) is 3.27. The molecule has 1 aliphatic rings. The molecule has 3 atom stereocenters. The topological polar surface area (TPSA) is 66.8 Å². The molecule has 0 radical (unpaired) electrons. The molecule has 0 amide bonds. The van der Waals surface area contributed by atoms with Gasteiger partial charge in [-0.1, -0.05) is 13.8 Å². The second-order valence-corrected chi connectivity index (χ2v) is 3.87. The summed E-state index contributed by atoms with van der Waals surface area (Å²) in [5.74, 6) is -0.735. The molecular weight excluding hydrogens is 172 g/mol. The van der Waals surface area contributed by atoms with Gasteiger partial charge in [-0.2, -0.15) is 0 Å². The minimum atomic E-state index is -0.982. The van der Waals surface area contributed by atoms with Crippen molar-refractivity contribution in [1.29, 1.82) is 0 Å². The monoisotopic (exact) mass is 188 g/mol. The predicted octanol–water partition coefficient (Wildman–Crippen LogP) is 0.635. The highest BCUT2D eigenvalue weighted by Crippen LogP contribution is 2.24. The molecule has 1 heterocycles. The third kappa shape index (κ3) is 2.67. The molecule has 1 rings (SSSR count). The molecular formula is C9H16O4. The van der Waals surface area contributed by atoms with Crippen molar-refractivity contribution in [3.63, 3.8) is 0 Å². The van der Waals surface area contributed by atoms with Crippen LogP contribution < -0.4 is 0 Å². The van der Waals surface area contributed by atoms with E-state index in [4.69, 9.17) is 9.84 Å². The van der Waals surface area contributed by atoms with Gasteiger partial charge in [0.2, 0.25) is 0 Å². The number of aliphatic hydroxyl groups is 1. The average molecular weight is 188 g/mol. The third-order valence-corrected chi connectivity index (χ3v) is 2.35. The van der Waals surface area contributed by atoms with Gasteiger partial charge in [-0.15, -0.1) is 0 Å². The molecule has 1 saturated heterocycles. The van der Waals surface area contributed by atoms with Crippen LogP contribution in [0.5, 0.6) is 0 Å². The Hall–Kier alpha value is -0.610. The zero-order valence-corrected chi connectivity index (χ0v) is 7.93. The van der Waals surface area contributed by atoms with E-state index in [1.54, 1.807) is 0 Å². The van der Waals surface area contributed by atoms with Crippen LogP contribution in [0, 0.1) is 5.92 Å². The second kappa shape index (κ2) is 4.07. The number of carboxylic acid groups (broad SMARTS) is 1. The van der Waals surface area contributed by atoms with Gasteiger partial charge in [0.25, 0.3) is 0 Å². The molecule has 2 N–H and O–H groups in total. The quantitative estimate of drug-likeness (QED) is 0.667. The van der Waals surface area contributed by atoms with Crippen molar-refractivity contribution in [2.45, 2.75) is 45.0 Å². The van der Waals surface area contributed by atoms with Gasteiger partial charge in [-0.05, 0) is 12.3 Å². The molecule has 13 heavy (non-hydrogen) atoms. The van der Waals surface area contributed by atoms with Crippen LogP contribution in [0.2, 0.25) is 0 Å². The molecule has 4 nitrogen and oxygen atoms in total. The fourth-order valence-corrected chi connectivity index (χ4v) is 1.52. The first-order valence-electron chi connectivity index (χ1n) is 4.57. The first-order valence-corrected chi connectivity index (χ1v) is 4.57. The highest BCUT2D eigenvalue weighted by atomic mass is 16.5. The Bertz CT molecular complexity index is 190. The zero-order chi connectivity index (χ0) is 10.0. The van der Waals surface area contributed by atoms with E-state index in [2.05, 4.69) is 0 Å².